The standard InChI is InChI=1S/C21H29N5O2/c1-25-8-5-16(14-25)21(28)26-9-4-15(13-26)2-7-23-20(27)10-17-11-24-19-12-22-6-3-18(17)19/h3,6,11-12,15-16,24H,2,4-5,7-10,13-14H2,1H3,(H,23,27). The van der Waals surface area contributed by atoms with E-state index in [9.17, 15) is 9.59 Å². The molecule has 28 heavy (non-hydrogen) atoms. The Morgan fingerprint density at radius 1 is 1.29 bits per heavy atom. The summed E-state index contributed by atoms with van der Waals surface area (Å²) in [5.41, 5.74) is 1.95. The molecule has 2 aliphatic rings. The Hall–Kier alpha value is -2.41. The summed E-state index contributed by atoms with van der Waals surface area (Å²) >= 11 is 0. The molecular weight excluding hydrogens is 354 g/mol. The number of aromatic amines is 1. The topological polar surface area (TPSA) is 81.3 Å². The van der Waals surface area contributed by atoms with Gasteiger partial charge in [0.25, 0.3) is 0 Å². The maximum Gasteiger partial charge on any atom is 0.227 e. The van der Waals surface area contributed by atoms with Crippen molar-refractivity contribution in [3.63, 3.8) is 0 Å². The van der Waals surface area contributed by atoms with Crippen LogP contribution in [0, 0.1) is 11.8 Å². The highest BCUT2D eigenvalue weighted by Gasteiger charge is 2.33. The molecule has 2 atom stereocenters. The number of likely N-dealkylation sites (tertiary alicyclic amines) is 2. The number of rotatable bonds is 6. The first-order valence-electron chi connectivity index (χ1n) is 10.2. The van der Waals surface area contributed by atoms with Crippen molar-refractivity contribution in [2.24, 2.45) is 11.8 Å². The molecule has 0 radical (unpaired) electrons. The van der Waals surface area contributed by atoms with E-state index < -0.39 is 0 Å². The van der Waals surface area contributed by atoms with Crippen molar-refractivity contribution >= 4 is 22.7 Å². The van der Waals surface area contributed by atoms with E-state index in [1.165, 1.54) is 0 Å². The van der Waals surface area contributed by atoms with E-state index in [2.05, 4.69) is 27.2 Å². The summed E-state index contributed by atoms with van der Waals surface area (Å²) in [5.74, 6) is 1.03. The molecule has 7 nitrogen and oxygen atoms in total. The lowest BCUT2D eigenvalue weighted by atomic mass is 10.0. The second kappa shape index (κ2) is 8.31. The molecule has 0 spiro atoms. The highest BCUT2D eigenvalue weighted by molar-refractivity contribution is 5.88. The molecule has 7 heteroatoms. The van der Waals surface area contributed by atoms with E-state index in [1.54, 1.807) is 12.4 Å². The summed E-state index contributed by atoms with van der Waals surface area (Å²) in [6.07, 6.45) is 8.72. The average Bonchev–Trinajstić information content (AvgIpc) is 3.42. The smallest absolute Gasteiger partial charge is 0.227 e. The van der Waals surface area contributed by atoms with Gasteiger partial charge in [-0.05, 0) is 50.4 Å². The number of amides is 2. The molecule has 2 aromatic heterocycles. The van der Waals surface area contributed by atoms with Crippen LogP contribution >= 0.6 is 0 Å². The van der Waals surface area contributed by atoms with Gasteiger partial charge in [-0.2, -0.15) is 0 Å². The van der Waals surface area contributed by atoms with Gasteiger partial charge in [-0.3, -0.25) is 14.6 Å². The molecule has 2 fully saturated rings. The van der Waals surface area contributed by atoms with Crippen LogP contribution in [-0.4, -0.2) is 71.4 Å². The number of hydrogen-bond acceptors (Lipinski definition) is 4. The minimum atomic E-state index is 0.0395. The van der Waals surface area contributed by atoms with Crippen LogP contribution in [0.2, 0.25) is 0 Å². The zero-order chi connectivity index (χ0) is 19.5. The van der Waals surface area contributed by atoms with Crippen molar-refractivity contribution in [3.8, 4) is 0 Å². The van der Waals surface area contributed by atoms with Gasteiger partial charge in [0.2, 0.25) is 11.8 Å². The first kappa shape index (κ1) is 18.9. The number of aromatic nitrogens is 2. The Morgan fingerprint density at radius 3 is 3.00 bits per heavy atom. The molecule has 2 aromatic rings. The molecule has 150 valence electrons. The van der Waals surface area contributed by atoms with Crippen LogP contribution in [0.15, 0.2) is 24.7 Å². The van der Waals surface area contributed by atoms with Crippen LogP contribution in [0.5, 0.6) is 0 Å². The highest BCUT2D eigenvalue weighted by Crippen LogP contribution is 2.24. The van der Waals surface area contributed by atoms with E-state index in [4.69, 9.17) is 0 Å². The Balaban J connectivity index is 1.19. The maximum absolute atomic E-state index is 12.6. The van der Waals surface area contributed by atoms with Crippen molar-refractivity contribution in [2.75, 3.05) is 39.8 Å². The second-order valence-electron chi connectivity index (χ2n) is 8.24. The zero-order valence-corrected chi connectivity index (χ0v) is 16.5. The summed E-state index contributed by atoms with van der Waals surface area (Å²) < 4.78 is 0. The van der Waals surface area contributed by atoms with E-state index in [-0.39, 0.29) is 11.8 Å². The van der Waals surface area contributed by atoms with Gasteiger partial charge in [0, 0.05) is 44.0 Å². The second-order valence-corrected chi connectivity index (χ2v) is 8.24. The largest absolute Gasteiger partial charge is 0.360 e. The first-order chi connectivity index (χ1) is 13.6. The van der Waals surface area contributed by atoms with Crippen molar-refractivity contribution < 1.29 is 9.59 Å². The quantitative estimate of drug-likeness (QED) is 0.790. The summed E-state index contributed by atoms with van der Waals surface area (Å²) in [6, 6.07) is 1.93. The SMILES string of the molecule is CN1CCC(C(=O)N2CCC(CCNC(=O)Cc3c[nH]c4cnccc34)C2)C1. The number of carbonyl (C=O) groups is 2. The molecule has 4 rings (SSSR count). The summed E-state index contributed by atoms with van der Waals surface area (Å²) in [4.78, 5) is 36.4. The third kappa shape index (κ3) is 4.19. The van der Waals surface area contributed by atoms with E-state index in [0.717, 1.165) is 61.9 Å². The Labute approximate surface area is 165 Å². The van der Waals surface area contributed by atoms with Crippen molar-refractivity contribution in [1.82, 2.24) is 25.1 Å². The molecule has 0 aliphatic carbocycles. The predicted octanol–water partition coefficient (Wildman–Crippen LogP) is 1.41. The lowest BCUT2D eigenvalue weighted by molar-refractivity contribution is -0.134. The van der Waals surface area contributed by atoms with Gasteiger partial charge in [-0.1, -0.05) is 0 Å². The molecule has 2 unspecified atom stereocenters. The molecule has 2 saturated heterocycles. The Bertz CT molecular complexity index is 848. The van der Waals surface area contributed by atoms with Gasteiger partial charge in [0.05, 0.1) is 24.1 Å². The third-order valence-electron chi connectivity index (χ3n) is 6.13. The minimum absolute atomic E-state index is 0.0395. The first-order valence-corrected chi connectivity index (χ1v) is 10.2. The fourth-order valence-corrected chi connectivity index (χ4v) is 4.49. The minimum Gasteiger partial charge on any atom is -0.360 e. The molecule has 2 aliphatic heterocycles. The molecular formula is C21H29N5O2. The van der Waals surface area contributed by atoms with Crippen LogP contribution in [0.4, 0.5) is 0 Å². The van der Waals surface area contributed by atoms with E-state index >= 15 is 0 Å². The number of H-pyrrole nitrogens is 1. The molecule has 0 bridgehead atoms. The fourth-order valence-electron chi connectivity index (χ4n) is 4.49. The summed E-state index contributed by atoms with van der Waals surface area (Å²) in [5, 5.41) is 4.09. The molecule has 2 amide bonds. The van der Waals surface area contributed by atoms with Gasteiger partial charge < -0.3 is 20.1 Å². The molecule has 0 saturated carbocycles. The van der Waals surface area contributed by atoms with Crippen LogP contribution in [-0.2, 0) is 16.0 Å². The third-order valence-corrected chi connectivity index (χ3v) is 6.13. The number of carbonyl (C=O) groups excluding carboxylic acids is 2. The monoisotopic (exact) mass is 383 g/mol. The normalized spacial score (nSPS) is 22.8. The summed E-state index contributed by atoms with van der Waals surface area (Å²) in [7, 11) is 2.08. The number of hydrogen-bond donors (Lipinski definition) is 2. The average molecular weight is 383 g/mol. The van der Waals surface area contributed by atoms with Gasteiger partial charge in [0.1, 0.15) is 0 Å². The predicted molar refractivity (Wildman–Crippen MR) is 108 cm³/mol. The van der Waals surface area contributed by atoms with E-state index in [0.29, 0.717) is 24.8 Å². The highest BCUT2D eigenvalue weighted by atomic mass is 16.2. The van der Waals surface area contributed by atoms with Gasteiger partial charge in [-0.15, -0.1) is 0 Å². The molecule has 4 heterocycles. The molecule has 0 aromatic carbocycles. The van der Waals surface area contributed by atoms with E-state index in [1.807, 2.05) is 17.2 Å². The van der Waals surface area contributed by atoms with Crippen molar-refractivity contribution in [2.45, 2.75) is 25.7 Å². The Morgan fingerprint density at radius 2 is 2.18 bits per heavy atom. The summed E-state index contributed by atoms with van der Waals surface area (Å²) in [6.45, 7) is 4.28. The van der Waals surface area contributed by atoms with Gasteiger partial charge in [0.15, 0.2) is 0 Å². The molecule has 2 N–H and O–H groups in total. The van der Waals surface area contributed by atoms with Crippen LogP contribution in [0.1, 0.15) is 24.8 Å². The number of nitrogens with zero attached hydrogens (tertiary/aromatic N) is 3. The van der Waals surface area contributed by atoms with Gasteiger partial charge in [-0.25, -0.2) is 0 Å². The van der Waals surface area contributed by atoms with Crippen molar-refractivity contribution in [3.05, 3.63) is 30.2 Å². The lowest BCUT2D eigenvalue weighted by Crippen LogP contribution is -2.35. The lowest BCUT2D eigenvalue weighted by Gasteiger charge is -2.20. The van der Waals surface area contributed by atoms with Crippen LogP contribution in [0.25, 0.3) is 10.9 Å². The maximum atomic E-state index is 12.6. The fraction of sp³-hybridized carbons (Fsp3) is 0.571. The van der Waals surface area contributed by atoms with Crippen LogP contribution in [0.3, 0.4) is 0 Å². The van der Waals surface area contributed by atoms with Gasteiger partial charge >= 0.3 is 0 Å². The number of fused-ring (bicyclic) bond motifs is 1. The van der Waals surface area contributed by atoms with Crippen molar-refractivity contribution in [1.29, 1.82) is 0 Å². The zero-order valence-electron chi connectivity index (χ0n) is 16.5. The Kier molecular flexibility index (Phi) is 5.62. The number of pyridine rings is 1. The van der Waals surface area contributed by atoms with Crippen LogP contribution < -0.4 is 5.32 Å². The number of nitrogens with one attached hydrogen (secondary N) is 2.